The molecule has 1 aromatic heterocycles. The van der Waals surface area contributed by atoms with Crippen molar-refractivity contribution in [1.29, 1.82) is 0 Å². The average Bonchev–Trinajstić information content (AvgIpc) is 2.80. The molecule has 114 valence electrons. The first-order chi connectivity index (χ1) is 9.73. The number of halogens is 2. The number of hydrogen-bond acceptors (Lipinski definition) is 2. The molecule has 0 unspecified atom stereocenters. The van der Waals surface area contributed by atoms with E-state index in [1.807, 2.05) is 0 Å². The average molecular weight is 331 g/mol. The lowest BCUT2D eigenvalue weighted by Gasteiger charge is -2.28. The molecular formula is C14H16ClFN2O2S. The van der Waals surface area contributed by atoms with E-state index in [4.69, 9.17) is 11.6 Å². The second kappa shape index (κ2) is 5.69. The summed E-state index contributed by atoms with van der Waals surface area (Å²) in [4.78, 5) is 0.180. The van der Waals surface area contributed by atoms with Gasteiger partial charge >= 0.3 is 0 Å². The largest absolute Gasteiger partial charge is 0.356 e. The van der Waals surface area contributed by atoms with E-state index in [2.05, 4.69) is 0 Å². The van der Waals surface area contributed by atoms with Gasteiger partial charge in [-0.05, 0) is 38.1 Å². The third-order valence-corrected chi connectivity index (χ3v) is 5.27. The van der Waals surface area contributed by atoms with Crippen LogP contribution in [0.1, 0.15) is 13.8 Å². The van der Waals surface area contributed by atoms with Gasteiger partial charge in [-0.2, -0.15) is 0 Å². The number of aromatic nitrogens is 1. The fourth-order valence-electron chi connectivity index (χ4n) is 2.08. The van der Waals surface area contributed by atoms with Gasteiger partial charge in [0.25, 0.3) is 10.0 Å². The normalized spacial score (nSPS) is 11.9. The molecule has 2 aromatic rings. The van der Waals surface area contributed by atoms with Gasteiger partial charge in [-0.3, -0.25) is 4.31 Å². The van der Waals surface area contributed by atoms with Gasteiger partial charge in [0.2, 0.25) is 0 Å². The minimum Gasteiger partial charge on any atom is -0.356 e. The molecule has 0 saturated carbocycles. The van der Waals surface area contributed by atoms with E-state index < -0.39 is 15.8 Å². The topological polar surface area (TPSA) is 42.3 Å². The number of sulfonamides is 1. The molecule has 4 nitrogen and oxygen atoms in total. The zero-order chi connectivity index (χ0) is 15.8. The van der Waals surface area contributed by atoms with Crippen LogP contribution in [0.5, 0.6) is 0 Å². The van der Waals surface area contributed by atoms with Crippen LogP contribution in [0.4, 0.5) is 10.1 Å². The van der Waals surface area contributed by atoms with Crippen molar-refractivity contribution >= 4 is 27.3 Å². The molecule has 0 atom stereocenters. The van der Waals surface area contributed by atoms with E-state index >= 15 is 0 Å². The second-order valence-corrected chi connectivity index (χ2v) is 7.23. The molecule has 0 bridgehead atoms. The van der Waals surface area contributed by atoms with Gasteiger partial charge in [-0.15, -0.1) is 0 Å². The maximum atomic E-state index is 13.3. The first-order valence-corrected chi connectivity index (χ1v) is 8.16. The molecule has 7 heteroatoms. The molecule has 0 radical (unpaired) electrons. The number of anilines is 1. The lowest BCUT2D eigenvalue weighted by Crippen LogP contribution is -2.36. The van der Waals surface area contributed by atoms with E-state index in [0.717, 1.165) is 6.07 Å². The predicted molar refractivity (Wildman–Crippen MR) is 81.6 cm³/mol. The summed E-state index contributed by atoms with van der Waals surface area (Å²) in [5, 5.41) is -0.110. The lowest BCUT2D eigenvalue weighted by atomic mass is 10.3. The number of rotatable bonds is 4. The van der Waals surface area contributed by atoms with Crippen LogP contribution in [-0.2, 0) is 17.1 Å². The Morgan fingerprint density at radius 1 is 1.29 bits per heavy atom. The van der Waals surface area contributed by atoms with E-state index in [9.17, 15) is 12.8 Å². The summed E-state index contributed by atoms with van der Waals surface area (Å²) in [7, 11) is -1.99. The first-order valence-electron chi connectivity index (χ1n) is 6.35. The summed E-state index contributed by atoms with van der Waals surface area (Å²) in [6.45, 7) is 3.50. The quantitative estimate of drug-likeness (QED) is 0.862. The highest BCUT2D eigenvalue weighted by molar-refractivity contribution is 7.92. The van der Waals surface area contributed by atoms with E-state index in [1.165, 1.54) is 28.7 Å². The molecule has 1 aromatic carbocycles. The number of hydrogen-bond donors (Lipinski definition) is 0. The van der Waals surface area contributed by atoms with E-state index in [1.54, 1.807) is 31.7 Å². The molecule has 0 aliphatic carbocycles. The number of nitrogens with zero attached hydrogens (tertiary/aromatic N) is 2. The van der Waals surface area contributed by atoms with Gasteiger partial charge in [0.15, 0.2) is 0 Å². The monoisotopic (exact) mass is 330 g/mol. The van der Waals surface area contributed by atoms with Crippen LogP contribution in [-0.4, -0.2) is 19.0 Å². The highest BCUT2D eigenvalue weighted by atomic mass is 35.5. The Kier molecular flexibility index (Phi) is 4.30. The maximum Gasteiger partial charge on any atom is 0.266 e. The van der Waals surface area contributed by atoms with Crippen LogP contribution in [0.25, 0.3) is 0 Å². The van der Waals surface area contributed by atoms with Gasteiger partial charge in [0.1, 0.15) is 10.7 Å². The Labute approximate surface area is 128 Å². The van der Waals surface area contributed by atoms with Crippen molar-refractivity contribution in [3.63, 3.8) is 0 Å². The van der Waals surface area contributed by atoms with Crippen LogP contribution < -0.4 is 4.31 Å². The minimum absolute atomic E-state index is 0.110. The highest BCUT2D eigenvalue weighted by Gasteiger charge is 2.28. The first kappa shape index (κ1) is 15.9. The zero-order valence-electron chi connectivity index (χ0n) is 11.9. The fourth-order valence-corrected chi connectivity index (χ4v) is 3.96. The van der Waals surface area contributed by atoms with Gasteiger partial charge in [0, 0.05) is 25.5 Å². The lowest BCUT2D eigenvalue weighted by molar-refractivity contribution is 0.583. The third-order valence-electron chi connectivity index (χ3n) is 2.99. The Balaban J connectivity index is 2.55. The van der Waals surface area contributed by atoms with Crippen molar-refractivity contribution in [1.82, 2.24) is 4.57 Å². The molecule has 2 rings (SSSR count). The molecule has 0 spiro atoms. The maximum absolute atomic E-state index is 13.3. The standard InChI is InChI=1S/C14H16ClFN2O2S/c1-10(2)18(11-4-5-14(16)13(15)8-11)21(19,20)12-6-7-17(3)9-12/h4-10H,1-3H3. The molecule has 0 amide bonds. The fraction of sp³-hybridized carbons (Fsp3) is 0.286. The Morgan fingerprint density at radius 2 is 1.95 bits per heavy atom. The zero-order valence-corrected chi connectivity index (χ0v) is 13.5. The smallest absolute Gasteiger partial charge is 0.266 e. The van der Waals surface area contributed by atoms with Crippen LogP contribution >= 0.6 is 11.6 Å². The van der Waals surface area contributed by atoms with Gasteiger partial charge in [-0.25, -0.2) is 12.8 Å². The van der Waals surface area contributed by atoms with Crippen molar-refractivity contribution < 1.29 is 12.8 Å². The van der Waals surface area contributed by atoms with E-state index in [-0.39, 0.29) is 16.0 Å². The van der Waals surface area contributed by atoms with Gasteiger partial charge in [0.05, 0.1) is 10.7 Å². The van der Waals surface area contributed by atoms with Crippen molar-refractivity contribution in [3.05, 3.63) is 47.5 Å². The number of benzene rings is 1. The summed E-state index contributed by atoms with van der Waals surface area (Å²) in [6.07, 6.45) is 3.18. The van der Waals surface area contributed by atoms with Crippen molar-refractivity contribution in [3.8, 4) is 0 Å². The Morgan fingerprint density at radius 3 is 2.43 bits per heavy atom. The molecule has 0 fully saturated rings. The van der Waals surface area contributed by atoms with Gasteiger partial charge in [-0.1, -0.05) is 11.6 Å². The SMILES string of the molecule is CC(C)N(c1ccc(F)c(Cl)c1)S(=O)(=O)c1ccn(C)c1. The highest BCUT2D eigenvalue weighted by Crippen LogP contribution is 2.29. The summed E-state index contributed by atoms with van der Waals surface area (Å²) in [5.41, 5.74) is 0.334. The second-order valence-electron chi connectivity index (χ2n) is 5.01. The number of aryl methyl sites for hydroxylation is 1. The summed E-state index contributed by atoms with van der Waals surface area (Å²) in [5.74, 6) is -0.582. The molecule has 0 aliphatic heterocycles. The van der Waals surface area contributed by atoms with Crippen LogP contribution in [0.3, 0.4) is 0 Å². The molecule has 0 aliphatic rings. The summed E-state index contributed by atoms with van der Waals surface area (Å²) in [6, 6.07) is 5.07. The summed E-state index contributed by atoms with van der Waals surface area (Å²) >= 11 is 5.76. The predicted octanol–water partition coefficient (Wildman–Crippen LogP) is 3.42. The molecule has 0 N–H and O–H groups in total. The van der Waals surface area contributed by atoms with Crippen LogP contribution in [0.15, 0.2) is 41.6 Å². The minimum atomic E-state index is -3.73. The molecular weight excluding hydrogens is 315 g/mol. The van der Waals surface area contributed by atoms with Crippen molar-refractivity contribution in [2.75, 3.05) is 4.31 Å². The van der Waals surface area contributed by atoms with Gasteiger partial charge < -0.3 is 4.57 Å². The van der Waals surface area contributed by atoms with Crippen LogP contribution in [0, 0.1) is 5.82 Å². The third kappa shape index (κ3) is 3.06. The molecule has 21 heavy (non-hydrogen) atoms. The molecule has 0 saturated heterocycles. The van der Waals surface area contributed by atoms with Crippen molar-refractivity contribution in [2.24, 2.45) is 7.05 Å². The Hall–Kier alpha value is -1.53. The van der Waals surface area contributed by atoms with E-state index in [0.29, 0.717) is 5.69 Å². The van der Waals surface area contributed by atoms with Crippen molar-refractivity contribution in [2.45, 2.75) is 24.8 Å². The summed E-state index contributed by atoms with van der Waals surface area (Å²) < 4.78 is 41.7. The molecule has 1 heterocycles. The Bertz CT molecular complexity index is 756. The van der Waals surface area contributed by atoms with Crippen LogP contribution in [0.2, 0.25) is 5.02 Å².